The largest absolute Gasteiger partial charge is 0.300 e. The normalized spacial score (nSPS) is 21.6. The van der Waals surface area contributed by atoms with Gasteiger partial charge in [-0.15, -0.1) is 0 Å². The molecule has 0 bridgehead atoms. The summed E-state index contributed by atoms with van der Waals surface area (Å²) in [6.45, 7) is 11.8. The number of Topliss-reactive ketones (excluding diaryl/α,β-unsaturated/α-hetero) is 1. The van der Waals surface area contributed by atoms with Crippen molar-refractivity contribution in [1.29, 1.82) is 0 Å². The molecule has 2 aliphatic rings. The van der Waals surface area contributed by atoms with Gasteiger partial charge in [0.1, 0.15) is 5.78 Å². The summed E-state index contributed by atoms with van der Waals surface area (Å²) in [6.07, 6.45) is 8.24. The minimum atomic E-state index is 0.202. The molecule has 1 saturated carbocycles. The monoisotopic (exact) mass is 370 g/mol. The molecule has 0 spiro atoms. The lowest BCUT2D eigenvalue weighted by atomic mass is 9.74. The molecule has 3 nitrogen and oxygen atoms in total. The Hall–Kier alpha value is -1.77. The average molecular weight is 371 g/mol. The number of ketones is 1. The van der Waals surface area contributed by atoms with Gasteiger partial charge in [-0.2, -0.15) is 10.2 Å². The van der Waals surface area contributed by atoms with E-state index in [1.54, 1.807) is 6.92 Å². The zero-order chi connectivity index (χ0) is 20.2. The van der Waals surface area contributed by atoms with Crippen molar-refractivity contribution in [2.45, 2.75) is 86.5 Å². The summed E-state index contributed by atoms with van der Waals surface area (Å²) in [5.41, 5.74) is 4.60. The Morgan fingerprint density at radius 1 is 0.889 bits per heavy atom. The first kappa shape index (κ1) is 23.3. The summed E-state index contributed by atoms with van der Waals surface area (Å²) < 4.78 is 0. The first-order valence-electron chi connectivity index (χ1n) is 10.9. The molecule has 2 unspecified atom stereocenters. The van der Waals surface area contributed by atoms with Crippen LogP contribution in [0.1, 0.15) is 91.2 Å². The molecule has 1 aromatic carbocycles. The highest BCUT2D eigenvalue weighted by atomic mass is 16.1. The predicted molar refractivity (Wildman–Crippen MR) is 118 cm³/mol. The molecule has 0 N–H and O–H groups in total. The van der Waals surface area contributed by atoms with Crippen LogP contribution >= 0.6 is 0 Å². The van der Waals surface area contributed by atoms with E-state index in [9.17, 15) is 4.79 Å². The van der Waals surface area contributed by atoms with Crippen LogP contribution in [0, 0.1) is 11.8 Å². The SMILES string of the molecule is CC.CC.CC(=O)Cc1ccc(C2=NN=C(C)C3CCCCCCC23)cc1. The lowest BCUT2D eigenvalue weighted by molar-refractivity contribution is -0.116. The van der Waals surface area contributed by atoms with Crippen molar-refractivity contribution in [1.82, 2.24) is 0 Å². The number of hydrogen-bond acceptors (Lipinski definition) is 3. The van der Waals surface area contributed by atoms with Gasteiger partial charge in [0.2, 0.25) is 0 Å². The molecule has 1 aromatic rings. The summed E-state index contributed by atoms with van der Waals surface area (Å²) in [4.78, 5) is 11.3. The summed E-state index contributed by atoms with van der Waals surface area (Å²) in [7, 11) is 0. The summed E-state index contributed by atoms with van der Waals surface area (Å²) in [5.74, 6) is 1.26. The van der Waals surface area contributed by atoms with Gasteiger partial charge in [-0.1, -0.05) is 77.6 Å². The van der Waals surface area contributed by atoms with Gasteiger partial charge in [-0.25, -0.2) is 0 Å². The topological polar surface area (TPSA) is 41.8 Å². The van der Waals surface area contributed by atoms with Crippen LogP contribution in [-0.4, -0.2) is 17.2 Å². The van der Waals surface area contributed by atoms with Gasteiger partial charge in [0.05, 0.1) is 5.71 Å². The van der Waals surface area contributed by atoms with Crippen LogP contribution in [0.25, 0.3) is 0 Å². The molecule has 1 heterocycles. The third kappa shape index (κ3) is 6.71. The highest BCUT2D eigenvalue weighted by molar-refractivity contribution is 6.06. The minimum absolute atomic E-state index is 0.202. The Labute approximate surface area is 166 Å². The van der Waals surface area contributed by atoms with Crippen LogP contribution in [0.15, 0.2) is 34.5 Å². The van der Waals surface area contributed by atoms with Crippen LogP contribution in [0.2, 0.25) is 0 Å². The number of fused-ring (bicyclic) bond motifs is 1. The number of nitrogens with zero attached hydrogens (tertiary/aromatic N) is 2. The van der Waals surface area contributed by atoms with Crippen molar-refractivity contribution in [3.8, 4) is 0 Å². The number of rotatable bonds is 3. The molecule has 2 atom stereocenters. The Kier molecular flexibility index (Phi) is 10.8. The molecule has 0 amide bonds. The van der Waals surface area contributed by atoms with E-state index in [4.69, 9.17) is 0 Å². The van der Waals surface area contributed by atoms with Gasteiger partial charge in [0.15, 0.2) is 0 Å². The second-order valence-electron chi connectivity index (χ2n) is 7.01. The lowest BCUT2D eigenvalue weighted by Gasteiger charge is -2.32. The quantitative estimate of drug-likeness (QED) is 0.588. The van der Waals surface area contributed by atoms with E-state index in [-0.39, 0.29) is 5.78 Å². The van der Waals surface area contributed by atoms with Gasteiger partial charge in [0, 0.05) is 24.0 Å². The fraction of sp³-hybridized carbons (Fsp3) is 0.625. The van der Waals surface area contributed by atoms with Gasteiger partial charge in [-0.3, -0.25) is 4.79 Å². The van der Waals surface area contributed by atoms with Crippen molar-refractivity contribution in [3.05, 3.63) is 35.4 Å². The number of carbonyl (C=O) groups excluding carboxylic acids is 1. The fourth-order valence-corrected chi connectivity index (χ4v) is 3.95. The van der Waals surface area contributed by atoms with Crippen LogP contribution in [-0.2, 0) is 11.2 Å². The van der Waals surface area contributed by atoms with Gasteiger partial charge < -0.3 is 0 Å². The van der Waals surface area contributed by atoms with Crippen molar-refractivity contribution >= 4 is 17.2 Å². The molecule has 1 aliphatic heterocycles. The highest BCUT2D eigenvalue weighted by Gasteiger charge is 2.32. The number of carbonyl (C=O) groups is 1. The maximum Gasteiger partial charge on any atom is 0.134 e. The smallest absolute Gasteiger partial charge is 0.134 e. The second-order valence-corrected chi connectivity index (χ2v) is 7.01. The molecule has 0 saturated heterocycles. The van der Waals surface area contributed by atoms with Gasteiger partial charge in [-0.05, 0) is 37.8 Å². The standard InChI is InChI=1S/C20H26N2O.2C2H6/c1-14(23)13-16-9-11-17(12-10-16)20-19-8-6-4-3-5-7-18(19)15(2)21-22-20;2*1-2/h9-12,18-19H,3-8,13H2,1-2H3;2*1-2H3. The molecule has 0 radical (unpaired) electrons. The molecule has 150 valence electrons. The maximum absolute atomic E-state index is 11.3. The van der Waals surface area contributed by atoms with Crippen LogP contribution in [0.5, 0.6) is 0 Å². The van der Waals surface area contributed by atoms with E-state index >= 15 is 0 Å². The van der Waals surface area contributed by atoms with E-state index in [1.165, 1.54) is 49.8 Å². The first-order chi connectivity index (χ1) is 13.1. The van der Waals surface area contributed by atoms with Crippen molar-refractivity contribution in [3.63, 3.8) is 0 Å². The molecule has 3 heteroatoms. The molecule has 27 heavy (non-hydrogen) atoms. The summed E-state index contributed by atoms with van der Waals surface area (Å²) in [6, 6.07) is 8.34. The van der Waals surface area contributed by atoms with E-state index < -0.39 is 0 Å². The number of hydrogen-bond donors (Lipinski definition) is 0. The third-order valence-electron chi connectivity index (χ3n) is 5.17. The molecule has 1 aliphatic carbocycles. The third-order valence-corrected chi connectivity index (χ3v) is 5.17. The molecule has 3 rings (SSSR count). The van der Waals surface area contributed by atoms with E-state index in [0.29, 0.717) is 18.3 Å². The second kappa shape index (κ2) is 12.6. The molecule has 0 aromatic heterocycles. The predicted octanol–water partition coefficient (Wildman–Crippen LogP) is 6.64. The minimum Gasteiger partial charge on any atom is -0.300 e. The summed E-state index contributed by atoms with van der Waals surface area (Å²) in [5, 5.41) is 9.03. The Bertz CT molecular complexity index is 628. The van der Waals surface area contributed by atoms with Crippen LogP contribution in [0.4, 0.5) is 0 Å². The Morgan fingerprint density at radius 3 is 2.00 bits per heavy atom. The lowest BCUT2D eigenvalue weighted by Crippen LogP contribution is -2.33. The van der Waals surface area contributed by atoms with E-state index in [0.717, 1.165) is 11.3 Å². The van der Waals surface area contributed by atoms with Crippen LogP contribution in [0.3, 0.4) is 0 Å². The summed E-state index contributed by atoms with van der Waals surface area (Å²) >= 11 is 0. The maximum atomic E-state index is 11.3. The number of benzene rings is 1. The Balaban J connectivity index is 0.000000855. The molecular weight excluding hydrogens is 332 g/mol. The van der Waals surface area contributed by atoms with Crippen molar-refractivity contribution in [2.75, 3.05) is 0 Å². The average Bonchev–Trinajstić information content (AvgIpc) is 2.66. The molecular formula is C24H38N2O. The molecule has 1 fully saturated rings. The zero-order valence-electron chi connectivity index (χ0n) is 18.2. The van der Waals surface area contributed by atoms with Crippen LogP contribution < -0.4 is 0 Å². The first-order valence-corrected chi connectivity index (χ1v) is 10.9. The Morgan fingerprint density at radius 2 is 1.44 bits per heavy atom. The van der Waals surface area contributed by atoms with Gasteiger partial charge >= 0.3 is 0 Å². The highest BCUT2D eigenvalue weighted by Crippen LogP contribution is 2.34. The zero-order valence-corrected chi connectivity index (χ0v) is 18.2. The fourth-order valence-electron chi connectivity index (χ4n) is 3.95. The van der Waals surface area contributed by atoms with Gasteiger partial charge in [0.25, 0.3) is 0 Å². The van der Waals surface area contributed by atoms with E-state index in [2.05, 4.69) is 41.4 Å². The van der Waals surface area contributed by atoms with Crippen molar-refractivity contribution < 1.29 is 4.79 Å². The van der Waals surface area contributed by atoms with Crippen molar-refractivity contribution in [2.24, 2.45) is 22.0 Å². The van der Waals surface area contributed by atoms with E-state index in [1.807, 2.05) is 27.7 Å².